The van der Waals surface area contributed by atoms with Crippen LogP contribution < -0.4 is 11.3 Å². The lowest BCUT2D eigenvalue weighted by atomic mass is 9.95. The minimum atomic E-state index is -1.50. The molecule has 2 unspecified atom stereocenters. The average molecular weight is 339 g/mol. The Morgan fingerprint density at radius 1 is 1.26 bits per heavy atom. The van der Waals surface area contributed by atoms with Gasteiger partial charge in [-0.05, 0) is 6.42 Å². The van der Waals surface area contributed by atoms with Gasteiger partial charge in [-0.2, -0.15) is 0 Å². The zero-order valence-electron chi connectivity index (χ0n) is 12.2. The zero-order chi connectivity index (χ0) is 17.0. The summed E-state index contributed by atoms with van der Waals surface area (Å²) in [6, 6.07) is -0.0122. The first-order chi connectivity index (χ1) is 10.9. The Morgan fingerprint density at radius 2 is 1.96 bits per heavy atom. The molecule has 0 aromatic carbocycles. The fraction of sp³-hybridized carbons (Fsp3) is 1.00. The van der Waals surface area contributed by atoms with Crippen LogP contribution in [0.15, 0.2) is 0 Å². The van der Waals surface area contributed by atoms with Crippen molar-refractivity contribution in [3.8, 4) is 0 Å². The van der Waals surface area contributed by atoms with Gasteiger partial charge in [-0.1, -0.05) is 0 Å². The molecular weight excluding hydrogens is 318 g/mol. The summed E-state index contributed by atoms with van der Waals surface area (Å²) in [6.45, 7) is 0.924. The lowest BCUT2D eigenvalue weighted by Gasteiger charge is -2.33. The number of hydrogen-bond donors (Lipinski definition) is 5. The van der Waals surface area contributed by atoms with Gasteiger partial charge in [-0.25, -0.2) is 0 Å². The Balaban J connectivity index is 0.000000433. The van der Waals surface area contributed by atoms with E-state index in [9.17, 15) is 10.2 Å². The predicted octanol–water partition coefficient (Wildman–Crippen LogP) is -2.88. The number of hydrogen-bond acceptors (Lipinski definition) is 10. The Kier molecular flexibility index (Phi) is 6.05. The van der Waals surface area contributed by atoms with Crippen LogP contribution in [0.4, 0.5) is 0 Å². The van der Waals surface area contributed by atoms with Crippen molar-refractivity contribution in [3.05, 3.63) is 10.1 Å². The van der Waals surface area contributed by atoms with Crippen molar-refractivity contribution in [1.82, 2.24) is 5.43 Å². The van der Waals surface area contributed by atoms with Crippen molar-refractivity contribution in [1.29, 1.82) is 0 Å². The number of nitrogens with two attached hydrogens (primary N) is 1. The SMILES string of the molecule is NNC1CCOC([C@@]2(O)CO[C@@H]3[C@H](O)CO[C@@H]32)OC1.O=[N+]([O-])O. The van der Waals surface area contributed by atoms with E-state index in [2.05, 4.69) is 5.43 Å². The number of hydrazine groups is 1. The fourth-order valence-corrected chi connectivity index (χ4v) is 2.81. The summed E-state index contributed by atoms with van der Waals surface area (Å²) in [6.07, 6.45) is -2.02. The Bertz CT molecular complexity index is 410. The molecule has 3 saturated heterocycles. The van der Waals surface area contributed by atoms with Crippen molar-refractivity contribution in [3.63, 3.8) is 0 Å². The maximum Gasteiger partial charge on any atom is 0.291 e. The van der Waals surface area contributed by atoms with Gasteiger partial charge in [-0.3, -0.25) is 11.3 Å². The van der Waals surface area contributed by atoms with Gasteiger partial charge in [0.25, 0.3) is 5.09 Å². The van der Waals surface area contributed by atoms with Gasteiger partial charge in [-0.15, -0.1) is 10.1 Å². The van der Waals surface area contributed by atoms with Crippen LogP contribution in [0.25, 0.3) is 0 Å². The molecule has 0 bridgehead atoms. The molecule has 0 aromatic rings. The van der Waals surface area contributed by atoms with Crippen LogP contribution in [0.5, 0.6) is 0 Å². The Hall–Kier alpha value is -1.12. The molecular formula is C11H21N3O9. The highest BCUT2D eigenvalue weighted by molar-refractivity contribution is 5.06. The van der Waals surface area contributed by atoms with Gasteiger partial charge in [0.1, 0.15) is 18.3 Å². The van der Waals surface area contributed by atoms with Gasteiger partial charge in [0.05, 0.1) is 26.4 Å². The molecule has 0 spiro atoms. The molecule has 12 nitrogen and oxygen atoms in total. The van der Waals surface area contributed by atoms with Crippen molar-refractivity contribution in [2.45, 2.75) is 42.7 Å². The van der Waals surface area contributed by atoms with Gasteiger partial charge >= 0.3 is 0 Å². The number of ether oxygens (including phenoxy) is 4. The van der Waals surface area contributed by atoms with Crippen LogP contribution in [-0.4, -0.2) is 83.2 Å². The summed E-state index contributed by atoms with van der Waals surface area (Å²) in [5, 5.41) is 34.1. The summed E-state index contributed by atoms with van der Waals surface area (Å²) in [5.41, 5.74) is 1.23. The molecule has 3 aliphatic heterocycles. The topological polar surface area (TPSA) is 179 Å². The summed E-state index contributed by atoms with van der Waals surface area (Å²) in [7, 11) is 0. The molecule has 0 aromatic heterocycles. The minimum absolute atomic E-state index is 0.0122. The highest BCUT2D eigenvalue weighted by Crippen LogP contribution is 2.38. The summed E-state index contributed by atoms with van der Waals surface area (Å²) in [5.74, 6) is 5.38. The summed E-state index contributed by atoms with van der Waals surface area (Å²) >= 11 is 0. The molecule has 12 heteroatoms. The van der Waals surface area contributed by atoms with Crippen LogP contribution in [0.3, 0.4) is 0 Å². The maximum atomic E-state index is 10.7. The summed E-state index contributed by atoms with van der Waals surface area (Å²) in [4.78, 5) is 8.36. The summed E-state index contributed by atoms with van der Waals surface area (Å²) < 4.78 is 22.0. The van der Waals surface area contributed by atoms with Gasteiger partial charge in [0, 0.05) is 6.04 Å². The zero-order valence-corrected chi connectivity index (χ0v) is 12.2. The molecule has 23 heavy (non-hydrogen) atoms. The van der Waals surface area contributed by atoms with E-state index in [1.54, 1.807) is 0 Å². The van der Waals surface area contributed by atoms with Crippen LogP contribution in [0.1, 0.15) is 6.42 Å². The normalized spacial score (nSPS) is 43.2. The molecule has 3 heterocycles. The van der Waals surface area contributed by atoms with E-state index >= 15 is 0 Å². The lowest BCUT2D eigenvalue weighted by molar-refractivity contribution is -0.742. The van der Waals surface area contributed by atoms with E-state index in [1.807, 2.05) is 0 Å². The second kappa shape index (κ2) is 7.63. The molecule has 0 saturated carbocycles. The maximum absolute atomic E-state index is 10.7. The fourth-order valence-electron chi connectivity index (χ4n) is 2.81. The standard InChI is InChI=1S/C11H20N2O6.HNO3/c12-13-6-1-2-16-10(18-3-6)11(15)5-19-8-7(14)4-17-9(8)11;2-1(3)4/h6-10,13-15H,1-5,12H2;(H,2,3,4)/t6?,7-,8-,9+,10?,11-;/m1./s1. The molecule has 0 radical (unpaired) electrons. The quantitative estimate of drug-likeness (QED) is 0.198. The average Bonchev–Trinajstić information content (AvgIpc) is 2.91. The van der Waals surface area contributed by atoms with Crippen LogP contribution in [0.2, 0.25) is 0 Å². The van der Waals surface area contributed by atoms with Gasteiger partial charge in [0.2, 0.25) is 0 Å². The van der Waals surface area contributed by atoms with Crippen LogP contribution in [-0.2, 0) is 18.9 Å². The van der Waals surface area contributed by atoms with Gasteiger partial charge < -0.3 is 34.4 Å². The second-order valence-electron chi connectivity index (χ2n) is 5.51. The number of nitrogens with one attached hydrogen (secondary N) is 1. The minimum Gasteiger partial charge on any atom is -0.388 e. The molecule has 3 aliphatic rings. The van der Waals surface area contributed by atoms with Crippen LogP contribution in [0, 0.1) is 10.1 Å². The monoisotopic (exact) mass is 339 g/mol. The van der Waals surface area contributed by atoms with E-state index in [-0.39, 0.29) is 19.3 Å². The number of aliphatic hydroxyl groups is 2. The third kappa shape index (κ3) is 4.05. The number of fused-ring (bicyclic) bond motifs is 1. The lowest BCUT2D eigenvalue weighted by Crippen LogP contribution is -2.55. The molecule has 0 amide bonds. The highest BCUT2D eigenvalue weighted by atomic mass is 16.9. The highest BCUT2D eigenvalue weighted by Gasteiger charge is 2.60. The van der Waals surface area contributed by atoms with Gasteiger partial charge in [0.15, 0.2) is 11.9 Å². The number of nitrogens with zero attached hydrogens (tertiary/aromatic N) is 1. The third-order valence-corrected chi connectivity index (χ3v) is 3.95. The smallest absolute Gasteiger partial charge is 0.291 e. The van der Waals surface area contributed by atoms with Crippen molar-refractivity contribution in [2.75, 3.05) is 26.4 Å². The Morgan fingerprint density at radius 3 is 2.61 bits per heavy atom. The van der Waals surface area contributed by atoms with E-state index in [0.29, 0.717) is 19.6 Å². The molecule has 6 N–H and O–H groups in total. The van der Waals surface area contributed by atoms with Crippen LogP contribution >= 0.6 is 0 Å². The molecule has 3 rings (SSSR count). The number of rotatable bonds is 2. The first-order valence-electron chi connectivity index (χ1n) is 7.04. The van der Waals surface area contributed by atoms with Crippen molar-refractivity contribution < 1.29 is 39.5 Å². The largest absolute Gasteiger partial charge is 0.388 e. The first kappa shape index (κ1) is 18.2. The molecule has 6 atom stereocenters. The van der Waals surface area contributed by atoms with E-state index in [0.717, 1.165) is 0 Å². The predicted molar refractivity (Wildman–Crippen MR) is 70.6 cm³/mol. The first-order valence-corrected chi connectivity index (χ1v) is 7.04. The van der Waals surface area contributed by atoms with E-state index < -0.39 is 35.3 Å². The second-order valence-corrected chi connectivity index (χ2v) is 5.51. The molecule has 0 aliphatic carbocycles. The van der Waals surface area contributed by atoms with Crippen molar-refractivity contribution >= 4 is 0 Å². The third-order valence-electron chi connectivity index (χ3n) is 3.95. The Labute approximate surface area is 131 Å². The molecule has 3 fully saturated rings. The van der Waals surface area contributed by atoms with Crippen molar-refractivity contribution in [2.24, 2.45) is 5.84 Å². The van der Waals surface area contributed by atoms with E-state index in [1.165, 1.54) is 0 Å². The number of aliphatic hydroxyl groups excluding tert-OH is 1. The molecule has 134 valence electrons. The van der Waals surface area contributed by atoms with E-state index in [4.69, 9.17) is 40.1 Å².